The van der Waals surface area contributed by atoms with Crippen LogP contribution < -0.4 is 10.1 Å². The maximum Gasteiger partial charge on any atom is 0.261 e. The second kappa shape index (κ2) is 14.3. The van der Waals surface area contributed by atoms with E-state index in [0.717, 1.165) is 26.5 Å². The van der Waals surface area contributed by atoms with Crippen molar-refractivity contribution in [2.24, 2.45) is 5.92 Å². The third-order valence-electron chi connectivity index (χ3n) is 5.95. The zero-order valence-electron chi connectivity index (χ0n) is 21.5. The molecule has 3 rings (SSSR count). The molecule has 0 aliphatic heterocycles. The van der Waals surface area contributed by atoms with E-state index in [0.29, 0.717) is 24.6 Å². The van der Waals surface area contributed by atoms with E-state index in [-0.39, 0.29) is 25.0 Å². The minimum atomic E-state index is -0.692. The fraction of sp³-hybridized carbons (Fsp3) is 0.333. The summed E-state index contributed by atoms with van der Waals surface area (Å²) in [5.41, 5.74) is 3.08. The number of hydrogen-bond donors (Lipinski definition) is 1. The minimum absolute atomic E-state index is 0.172. The van der Waals surface area contributed by atoms with Gasteiger partial charge in [0.1, 0.15) is 11.8 Å². The molecule has 5 nitrogen and oxygen atoms in total. The number of amides is 2. The molecule has 3 aromatic carbocycles. The molecule has 0 unspecified atom stereocenters. The molecule has 0 bridgehead atoms. The molecule has 0 fully saturated rings. The Morgan fingerprint density at radius 2 is 1.65 bits per heavy atom. The molecule has 196 valence electrons. The molecule has 2 amide bonds. The predicted octanol–water partition coefficient (Wildman–Crippen LogP) is 6.57. The molecule has 3 aromatic rings. The lowest BCUT2D eigenvalue weighted by molar-refractivity contribution is -0.142. The summed E-state index contributed by atoms with van der Waals surface area (Å²) >= 11 is 7.07. The van der Waals surface area contributed by atoms with Crippen LogP contribution in [0.15, 0.2) is 81.7 Å². The highest BCUT2D eigenvalue weighted by atomic mass is 79.9. The smallest absolute Gasteiger partial charge is 0.261 e. The van der Waals surface area contributed by atoms with Crippen LogP contribution >= 0.6 is 31.9 Å². The first-order valence-electron chi connectivity index (χ1n) is 12.5. The molecule has 0 radical (unpaired) electrons. The summed E-state index contributed by atoms with van der Waals surface area (Å²) in [6.45, 7) is 6.82. The van der Waals surface area contributed by atoms with Crippen LogP contribution in [0.3, 0.4) is 0 Å². The molecule has 0 heterocycles. The zero-order valence-corrected chi connectivity index (χ0v) is 24.7. The van der Waals surface area contributed by atoms with Gasteiger partial charge in [0.2, 0.25) is 5.91 Å². The lowest BCUT2D eigenvalue weighted by Gasteiger charge is -2.32. The second-order valence-corrected chi connectivity index (χ2v) is 11.2. The van der Waals surface area contributed by atoms with E-state index in [9.17, 15) is 9.59 Å². The zero-order chi connectivity index (χ0) is 26.8. The number of ether oxygens (including phenoxy) is 1. The van der Waals surface area contributed by atoms with E-state index >= 15 is 0 Å². The molecule has 0 aliphatic rings. The fourth-order valence-electron chi connectivity index (χ4n) is 3.91. The lowest BCUT2D eigenvalue weighted by Crippen LogP contribution is -2.52. The van der Waals surface area contributed by atoms with Gasteiger partial charge in [0.05, 0.1) is 4.47 Å². The van der Waals surface area contributed by atoms with Crippen LogP contribution in [0, 0.1) is 5.92 Å². The second-order valence-electron chi connectivity index (χ2n) is 9.40. The number of rotatable bonds is 12. The first kappa shape index (κ1) is 28.9. The number of nitrogens with zero attached hydrogens (tertiary/aromatic N) is 1. The molecule has 0 saturated heterocycles. The van der Waals surface area contributed by atoms with Crippen LogP contribution in [0.4, 0.5) is 0 Å². The van der Waals surface area contributed by atoms with E-state index < -0.39 is 6.04 Å². The van der Waals surface area contributed by atoms with Gasteiger partial charge in [-0.1, -0.05) is 85.2 Å². The summed E-state index contributed by atoms with van der Waals surface area (Å²) in [4.78, 5) is 28.8. The van der Waals surface area contributed by atoms with Crippen molar-refractivity contribution in [1.82, 2.24) is 10.2 Å². The van der Waals surface area contributed by atoms with Gasteiger partial charge in [-0.05, 0) is 69.2 Å². The average Bonchev–Trinajstić information content (AvgIpc) is 2.89. The van der Waals surface area contributed by atoms with E-state index in [1.54, 1.807) is 4.90 Å². The van der Waals surface area contributed by atoms with Crippen molar-refractivity contribution in [3.63, 3.8) is 0 Å². The van der Waals surface area contributed by atoms with Crippen LogP contribution in [0.1, 0.15) is 37.5 Å². The van der Waals surface area contributed by atoms with Crippen LogP contribution in [0.5, 0.6) is 5.75 Å². The molecule has 1 atom stereocenters. The van der Waals surface area contributed by atoms with Crippen molar-refractivity contribution in [2.75, 3.05) is 13.2 Å². The number of benzene rings is 3. The first-order valence-corrected chi connectivity index (χ1v) is 14.1. The Bertz CT molecular complexity index is 1180. The Labute approximate surface area is 236 Å². The van der Waals surface area contributed by atoms with Crippen molar-refractivity contribution in [1.29, 1.82) is 0 Å². The number of carbonyl (C=O) groups is 2. The summed E-state index contributed by atoms with van der Waals surface area (Å²) in [6.07, 6.45) is 1.31. The van der Waals surface area contributed by atoms with E-state index in [1.165, 1.54) is 5.56 Å². The summed E-state index contributed by atoms with van der Waals surface area (Å²) in [6, 6.07) is 22.7. The molecule has 0 aliphatic carbocycles. The largest absolute Gasteiger partial charge is 0.483 e. The molecule has 1 N–H and O–H groups in total. The molecule has 37 heavy (non-hydrogen) atoms. The van der Waals surface area contributed by atoms with Gasteiger partial charge < -0.3 is 15.0 Å². The van der Waals surface area contributed by atoms with Crippen LogP contribution in [-0.4, -0.2) is 35.9 Å². The highest BCUT2D eigenvalue weighted by Gasteiger charge is 2.31. The molecular formula is C30H34Br2N2O3. The third-order valence-corrected chi connectivity index (χ3v) is 7.07. The summed E-state index contributed by atoms with van der Waals surface area (Å²) in [7, 11) is 0. The Morgan fingerprint density at radius 1 is 0.919 bits per heavy atom. The molecule has 0 aromatic heterocycles. The van der Waals surface area contributed by atoms with Crippen LogP contribution in [0.2, 0.25) is 0 Å². The van der Waals surface area contributed by atoms with Gasteiger partial charge in [-0.25, -0.2) is 0 Å². The van der Waals surface area contributed by atoms with Gasteiger partial charge in [-0.15, -0.1) is 0 Å². The van der Waals surface area contributed by atoms with Crippen molar-refractivity contribution in [2.45, 2.75) is 46.2 Å². The van der Waals surface area contributed by atoms with Crippen LogP contribution in [0.25, 0.3) is 0 Å². The van der Waals surface area contributed by atoms with E-state index in [4.69, 9.17) is 4.74 Å². The van der Waals surface area contributed by atoms with Gasteiger partial charge in [-0.2, -0.15) is 0 Å². The monoisotopic (exact) mass is 628 g/mol. The molecule has 0 spiro atoms. The Hall–Kier alpha value is -2.64. The van der Waals surface area contributed by atoms with Crippen molar-refractivity contribution in [3.05, 3.63) is 98.4 Å². The normalized spacial score (nSPS) is 11.7. The predicted molar refractivity (Wildman–Crippen MR) is 155 cm³/mol. The number of hydrogen-bond acceptors (Lipinski definition) is 3. The molecular weight excluding hydrogens is 596 g/mol. The Balaban J connectivity index is 1.90. The van der Waals surface area contributed by atoms with Gasteiger partial charge in [0.15, 0.2) is 6.61 Å². The number of aryl methyl sites for hydroxylation is 1. The van der Waals surface area contributed by atoms with Crippen LogP contribution in [-0.2, 0) is 29.0 Å². The van der Waals surface area contributed by atoms with Gasteiger partial charge in [-0.3, -0.25) is 9.59 Å². The third kappa shape index (κ3) is 9.00. The summed E-state index contributed by atoms with van der Waals surface area (Å²) < 4.78 is 7.65. The van der Waals surface area contributed by atoms with Crippen molar-refractivity contribution < 1.29 is 14.3 Å². The lowest BCUT2D eigenvalue weighted by atomic mass is 10.0. The summed E-state index contributed by atoms with van der Waals surface area (Å²) in [5.74, 6) is 0.459. The highest BCUT2D eigenvalue weighted by molar-refractivity contribution is 9.10. The molecule has 7 heteroatoms. The maximum absolute atomic E-state index is 13.7. The van der Waals surface area contributed by atoms with Gasteiger partial charge in [0.25, 0.3) is 5.91 Å². The number of nitrogens with one attached hydrogen (secondary N) is 1. The topological polar surface area (TPSA) is 58.6 Å². The SMILES string of the molecule is CCc1ccc(OCC(=O)N(Cc2cccc(Br)c2)[C@H](Cc2ccccc2)C(=O)NCC(C)C)c(Br)c1. The van der Waals surface area contributed by atoms with Crippen molar-refractivity contribution in [3.8, 4) is 5.75 Å². The van der Waals surface area contributed by atoms with Gasteiger partial charge in [0, 0.05) is 24.0 Å². The van der Waals surface area contributed by atoms with Crippen molar-refractivity contribution >= 4 is 43.7 Å². The Kier molecular flexibility index (Phi) is 11.2. The summed E-state index contributed by atoms with van der Waals surface area (Å²) in [5, 5.41) is 3.04. The minimum Gasteiger partial charge on any atom is -0.483 e. The molecule has 0 saturated carbocycles. The number of carbonyl (C=O) groups excluding carboxylic acids is 2. The number of halogens is 2. The standard InChI is InChI=1S/C30H34Br2N2O3/c1-4-22-13-14-28(26(32)16-22)37-20-29(35)34(19-24-11-8-12-25(31)15-24)27(30(36)33-18-21(2)3)17-23-9-6-5-7-10-23/h5-16,21,27H,4,17-20H2,1-3H3,(H,33,36)/t27-/m1/s1. The maximum atomic E-state index is 13.7. The highest BCUT2D eigenvalue weighted by Crippen LogP contribution is 2.26. The quantitative estimate of drug-likeness (QED) is 0.247. The van der Waals surface area contributed by atoms with E-state index in [1.807, 2.05) is 86.6 Å². The Morgan fingerprint density at radius 3 is 2.30 bits per heavy atom. The van der Waals surface area contributed by atoms with E-state index in [2.05, 4.69) is 44.1 Å². The van der Waals surface area contributed by atoms with Gasteiger partial charge >= 0.3 is 0 Å². The fourth-order valence-corrected chi connectivity index (χ4v) is 4.90. The first-order chi connectivity index (χ1) is 17.8. The average molecular weight is 630 g/mol.